The zero-order chi connectivity index (χ0) is 10.4. The van der Waals surface area contributed by atoms with Gasteiger partial charge in [-0.25, -0.2) is 0 Å². The highest BCUT2D eigenvalue weighted by Crippen LogP contribution is 2.44. The van der Waals surface area contributed by atoms with Crippen molar-refractivity contribution < 1.29 is 0 Å². The van der Waals surface area contributed by atoms with Crippen LogP contribution in [0.15, 0.2) is 12.1 Å². The van der Waals surface area contributed by atoms with E-state index in [1.54, 1.807) is 11.1 Å². The number of nitrogens with one attached hydrogen (secondary N) is 1. The van der Waals surface area contributed by atoms with Crippen molar-refractivity contribution in [2.24, 2.45) is 5.92 Å². The Hall–Kier alpha value is -0.820. The van der Waals surface area contributed by atoms with Crippen LogP contribution in [0.1, 0.15) is 41.1 Å². The van der Waals surface area contributed by atoms with E-state index in [-0.39, 0.29) is 0 Å². The lowest BCUT2D eigenvalue weighted by atomic mass is 9.85. The number of benzene rings is 1. The summed E-state index contributed by atoms with van der Waals surface area (Å²) in [5.74, 6) is 0.921. The molecule has 1 atom stereocenters. The van der Waals surface area contributed by atoms with Crippen LogP contribution in [0.3, 0.4) is 0 Å². The van der Waals surface area contributed by atoms with Gasteiger partial charge in [-0.3, -0.25) is 0 Å². The minimum absolute atomic E-state index is 0.661. The number of fused-ring (bicyclic) bond motifs is 1. The Kier molecular flexibility index (Phi) is 2.10. The molecule has 1 aromatic carbocycles. The van der Waals surface area contributed by atoms with Gasteiger partial charge in [-0.15, -0.1) is 0 Å². The maximum absolute atomic E-state index is 3.71. The van der Waals surface area contributed by atoms with Crippen LogP contribution in [-0.4, -0.2) is 6.54 Å². The van der Waals surface area contributed by atoms with Gasteiger partial charge in [0.15, 0.2) is 0 Å². The third-order valence-electron chi connectivity index (χ3n) is 3.95. The van der Waals surface area contributed by atoms with Gasteiger partial charge in [0, 0.05) is 6.04 Å². The van der Waals surface area contributed by atoms with Crippen LogP contribution in [0, 0.1) is 19.8 Å². The van der Waals surface area contributed by atoms with Crippen molar-refractivity contribution in [1.29, 1.82) is 0 Å². The van der Waals surface area contributed by atoms with Crippen molar-refractivity contribution in [1.82, 2.24) is 5.32 Å². The fourth-order valence-corrected chi connectivity index (χ4v) is 2.94. The average Bonchev–Trinajstić information content (AvgIpc) is 3.07. The topological polar surface area (TPSA) is 12.0 Å². The quantitative estimate of drug-likeness (QED) is 0.736. The van der Waals surface area contributed by atoms with Crippen LogP contribution in [0.4, 0.5) is 0 Å². The summed E-state index contributed by atoms with van der Waals surface area (Å²) in [5, 5.41) is 3.71. The molecule has 1 N–H and O–H groups in total. The molecule has 0 radical (unpaired) electrons. The van der Waals surface area contributed by atoms with E-state index in [9.17, 15) is 0 Å². The highest BCUT2D eigenvalue weighted by Gasteiger charge is 2.35. The zero-order valence-electron chi connectivity index (χ0n) is 9.64. The van der Waals surface area contributed by atoms with Crippen LogP contribution in [0.2, 0.25) is 0 Å². The molecule has 1 heterocycles. The summed E-state index contributed by atoms with van der Waals surface area (Å²) in [6.07, 6.45) is 4.06. The maximum atomic E-state index is 3.71. The largest absolute Gasteiger partial charge is 0.309 e. The SMILES string of the molecule is Cc1ccc(C)c2c1CCNC2C1CC1. The molecule has 1 heteroatoms. The molecule has 3 rings (SSSR count). The third-order valence-corrected chi connectivity index (χ3v) is 3.95. The van der Waals surface area contributed by atoms with Crippen LogP contribution >= 0.6 is 0 Å². The maximum Gasteiger partial charge on any atom is 0.0354 e. The van der Waals surface area contributed by atoms with Crippen LogP contribution in [0.25, 0.3) is 0 Å². The van der Waals surface area contributed by atoms with Crippen LogP contribution in [0.5, 0.6) is 0 Å². The second kappa shape index (κ2) is 3.34. The number of rotatable bonds is 1. The predicted molar refractivity (Wildman–Crippen MR) is 63.1 cm³/mol. The molecule has 0 aromatic heterocycles. The summed E-state index contributed by atoms with van der Waals surface area (Å²) < 4.78 is 0. The summed E-state index contributed by atoms with van der Waals surface area (Å²) in [6.45, 7) is 5.69. The van der Waals surface area contributed by atoms with Gasteiger partial charge in [-0.05, 0) is 67.8 Å². The van der Waals surface area contributed by atoms with Gasteiger partial charge < -0.3 is 5.32 Å². The van der Waals surface area contributed by atoms with Crippen molar-refractivity contribution in [2.75, 3.05) is 6.54 Å². The monoisotopic (exact) mass is 201 g/mol. The summed E-state index contributed by atoms with van der Waals surface area (Å²) in [5.41, 5.74) is 6.23. The standard InChI is InChI=1S/C14H19N/c1-9-3-4-10(2)13-12(9)7-8-15-14(13)11-5-6-11/h3-4,11,14-15H,5-8H2,1-2H3. The molecule has 1 aliphatic heterocycles. The van der Waals surface area contributed by atoms with Crippen LogP contribution < -0.4 is 5.32 Å². The molecule has 2 aliphatic rings. The molecule has 0 saturated heterocycles. The molecule has 0 bridgehead atoms. The molecule has 0 spiro atoms. The zero-order valence-corrected chi connectivity index (χ0v) is 9.64. The van der Waals surface area contributed by atoms with Gasteiger partial charge >= 0.3 is 0 Å². The minimum atomic E-state index is 0.661. The average molecular weight is 201 g/mol. The Morgan fingerprint density at radius 3 is 2.60 bits per heavy atom. The number of aryl methyl sites for hydroxylation is 2. The van der Waals surface area contributed by atoms with Gasteiger partial charge in [-0.1, -0.05) is 12.1 Å². The molecule has 1 aromatic rings. The van der Waals surface area contributed by atoms with Crippen molar-refractivity contribution in [2.45, 2.75) is 39.2 Å². The van der Waals surface area contributed by atoms with Crippen molar-refractivity contribution >= 4 is 0 Å². The number of hydrogen-bond donors (Lipinski definition) is 1. The van der Waals surface area contributed by atoms with E-state index >= 15 is 0 Å². The van der Waals surface area contributed by atoms with Crippen molar-refractivity contribution in [3.63, 3.8) is 0 Å². The first-order chi connectivity index (χ1) is 7.27. The normalized spacial score (nSPS) is 25.1. The molecule has 1 nitrogen and oxygen atoms in total. The van der Waals surface area contributed by atoms with Crippen molar-refractivity contribution in [3.05, 3.63) is 34.4 Å². The molecule has 1 saturated carbocycles. The molecule has 0 amide bonds. The highest BCUT2D eigenvalue weighted by molar-refractivity contribution is 5.44. The first-order valence-corrected chi connectivity index (χ1v) is 6.09. The molecule has 1 unspecified atom stereocenters. The van der Waals surface area contributed by atoms with E-state index in [4.69, 9.17) is 0 Å². The van der Waals surface area contributed by atoms with E-state index in [2.05, 4.69) is 31.3 Å². The highest BCUT2D eigenvalue weighted by atomic mass is 14.9. The lowest BCUT2D eigenvalue weighted by Gasteiger charge is -2.30. The van der Waals surface area contributed by atoms with E-state index in [1.165, 1.54) is 36.9 Å². The Bertz CT molecular complexity index is 391. The van der Waals surface area contributed by atoms with Gasteiger partial charge in [0.2, 0.25) is 0 Å². The van der Waals surface area contributed by atoms with E-state index < -0.39 is 0 Å². The molecule has 1 aliphatic carbocycles. The van der Waals surface area contributed by atoms with Gasteiger partial charge in [0.25, 0.3) is 0 Å². The van der Waals surface area contributed by atoms with Gasteiger partial charge in [-0.2, -0.15) is 0 Å². The molecule has 80 valence electrons. The Morgan fingerprint density at radius 1 is 1.13 bits per heavy atom. The summed E-state index contributed by atoms with van der Waals surface area (Å²) in [7, 11) is 0. The smallest absolute Gasteiger partial charge is 0.0354 e. The predicted octanol–water partition coefficient (Wildman–Crippen LogP) is 2.90. The molecule has 15 heavy (non-hydrogen) atoms. The van der Waals surface area contributed by atoms with Gasteiger partial charge in [0.05, 0.1) is 0 Å². The summed E-state index contributed by atoms with van der Waals surface area (Å²) in [4.78, 5) is 0. The third kappa shape index (κ3) is 1.50. The summed E-state index contributed by atoms with van der Waals surface area (Å²) >= 11 is 0. The van der Waals surface area contributed by atoms with E-state index in [0.29, 0.717) is 6.04 Å². The fourth-order valence-electron chi connectivity index (χ4n) is 2.94. The summed E-state index contributed by atoms with van der Waals surface area (Å²) in [6, 6.07) is 5.23. The minimum Gasteiger partial charge on any atom is -0.309 e. The van der Waals surface area contributed by atoms with Gasteiger partial charge in [0.1, 0.15) is 0 Å². The Labute approximate surface area is 91.9 Å². The van der Waals surface area contributed by atoms with E-state index in [0.717, 1.165) is 5.92 Å². The lowest BCUT2D eigenvalue weighted by Crippen LogP contribution is -2.32. The second-order valence-electron chi connectivity index (χ2n) is 5.11. The molecule has 1 fully saturated rings. The Morgan fingerprint density at radius 2 is 1.87 bits per heavy atom. The van der Waals surface area contributed by atoms with E-state index in [1.807, 2.05) is 0 Å². The first-order valence-electron chi connectivity index (χ1n) is 6.09. The Balaban J connectivity index is 2.11. The fraction of sp³-hybridized carbons (Fsp3) is 0.571. The first kappa shape index (κ1) is 9.41. The molecular formula is C14H19N. The van der Waals surface area contributed by atoms with Crippen molar-refractivity contribution in [3.8, 4) is 0 Å². The number of hydrogen-bond acceptors (Lipinski definition) is 1. The van der Waals surface area contributed by atoms with Crippen LogP contribution in [-0.2, 0) is 6.42 Å². The molecular weight excluding hydrogens is 182 g/mol. The second-order valence-corrected chi connectivity index (χ2v) is 5.11. The lowest BCUT2D eigenvalue weighted by molar-refractivity contribution is 0.455.